The lowest BCUT2D eigenvalue weighted by atomic mass is 10.2. The van der Waals surface area contributed by atoms with Gasteiger partial charge in [-0.1, -0.05) is 13.8 Å². The topological polar surface area (TPSA) is 57.7 Å². The molecule has 0 bridgehead atoms. The van der Waals surface area contributed by atoms with Crippen molar-refractivity contribution in [2.45, 2.75) is 32.7 Å². The highest BCUT2D eigenvalue weighted by molar-refractivity contribution is 6.28. The standard InChI is InChI=1S/C12H16ClN5/c1-7(2)6-18(8-3-4-8)11-9-5-14-17-10(9)15-12(13)16-11/h5,7-8H,3-4,6H2,1-2H3,(H,14,15,16,17). The highest BCUT2D eigenvalue weighted by Crippen LogP contribution is 2.34. The number of anilines is 1. The van der Waals surface area contributed by atoms with Gasteiger partial charge in [0.15, 0.2) is 5.65 Å². The Morgan fingerprint density at radius 2 is 2.22 bits per heavy atom. The number of aromatic amines is 1. The molecule has 0 spiro atoms. The van der Waals surface area contributed by atoms with E-state index in [1.165, 1.54) is 12.8 Å². The second kappa shape index (κ2) is 4.39. The average molecular weight is 266 g/mol. The number of hydrogen-bond acceptors (Lipinski definition) is 4. The van der Waals surface area contributed by atoms with E-state index in [0.717, 1.165) is 17.7 Å². The van der Waals surface area contributed by atoms with Gasteiger partial charge in [-0.25, -0.2) is 0 Å². The van der Waals surface area contributed by atoms with Gasteiger partial charge in [-0.05, 0) is 30.4 Å². The fourth-order valence-electron chi connectivity index (χ4n) is 2.20. The van der Waals surface area contributed by atoms with E-state index in [1.54, 1.807) is 6.20 Å². The molecule has 0 amide bonds. The zero-order chi connectivity index (χ0) is 12.7. The fourth-order valence-corrected chi connectivity index (χ4v) is 2.36. The first kappa shape index (κ1) is 11.7. The molecule has 2 aromatic heterocycles. The van der Waals surface area contributed by atoms with Crippen LogP contribution < -0.4 is 4.90 Å². The molecule has 0 aliphatic heterocycles. The molecule has 1 aliphatic rings. The fraction of sp³-hybridized carbons (Fsp3) is 0.583. The van der Waals surface area contributed by atoms with Crippen LogP contribution in [-0.2, 0) is 0 Å². The van der Waals surface area contributed by atoms with Crippen molar-refractivity contribution in [1.82, 2.24) is 20.2 Å². The van der Waals surface area contributed by atoms with Crippen LogP contribution in [0.4, 0.5) is 5.82 Å². The molecule has 18 heavy (non-hydrogen) atoms. The van der Waals surface area contributed by atoms with Crippen LogP contribution in [-0.4, -0.2) is 32.8 Å². The van der Waals surface area contributed by atoms with Crippen molar-refractivity contribution in [3.8, 4) is 0 Å². The van der Waals surface area contributed by atoms with E-state index in [-0.39, 0.29) is 5.28 Å². The van der Waals surface area contributed by atoms with Crippen LogP contribution in [0.1, 0.15) is 26.7 Å². The van der Waals surface area contributed by atoms with Gasteiger partial charge >= 0.3 is 0 Å². The molecule has 0 atom stereocenters. The van der Waals surface area contributed by atoms with Crippen molar-refractivity contribution in [2.75, 3.05) is 11.4 Å². The van der Waals surface area contributed by atoms with Crippen molar-refractivity contribution in [2.24, 2.45) is 5.92 Å². The van der Waals surface area contributed by atoms with E-state index in [0.29, 0.717) is 17.6 Å². The summed E-state index contributed by atoms with van der Waals surface area (Å²) in [5.41, 5.74) is 0.708. The summed E-state index contributed by atoms with van der Waals surface area (Å²) >= 11 is 5.99. The predicted molar refractivity (Wildman–Crippen MR) is 71.9 cm³/mol. The predicted octanol–water partition coefficient (Wildman–Crippen LogP) is 2.63. The van der Waals surface area contributed by atoms with E-state index in [1.807, 2.05) is 0 Å². The zero-order valence-electron chi connectivity index (χ0n) is 10.5. The minimum absolute atomic E-state index is 0.274. The molecule has 0 radical (unpaired) electrons. The Hall–Kier alpha value is -1.36. The third-order valence-electron chi connectivity index (χ3n) is 3.08. The average Bonchev–Trinajstić information content (AvgIpc) is 3.04. The molecular weight excluding hydrogens is 250 g/mol. The molecule has 0 saturated heterocycles. The summed E-state index contributed by atoms with van der Waals surface area (Å²) in [6.07, 6.45) is 4.23. The number of nitrogens with one attached hydrogen (secondary N) is 1. The number of hydrogen-bond donors (Lipinski definition) is 1. The van der Waals surface area contributed by atoms with Crippen LogP contribution in [0.5, 0.6) is 0 Å². The molecule has 6 heteroatoms. The number of halogens is 1. The molecular formula is C12H16ClN5. The number of rotatable bonds is 4. The van der Waals surface area contributed by atoms with Gasteiger partial charge in [0.2, 0.25) is 5.28 Å². The SMILES string of the molecule is CC(C)CN(c1nc(Cl)nc2[nH]ncc12)C1CC1. The summed E-state index contributed by atoms with van der Waals surface area (Å²) in [5, 5.41) is 8.11. The molecule has 1 saturated carbocycles. The third-order valence-corrected chi connectivity index (χ3v) is 3.25. The molecule has 5 nitrogen and oxygen atoms in total. The van der Waals surface area contributed by atoms with Crippen LogP contribution in [0.2, 0.25) is 5.28 Å². The van der Waals surface area contributed by atoms with Gasteiger partial charge in [0.25, 0.3) is 0 Å². The minimum Gasteiger partial charge on any atom is -0.353 e. The highest BCUT2D eigenvalue weighted by Gasteiger charge is 2.32. The first-order chi connectivity index (χ1) is 8.65. The van der Waals surface area contributed by atoms with E-state index < -0.39 is 0 Å². The first-order valence-electron chi connectivity index (χ1n) is 6.28. The summed E-state index contributed by atoms with van der Waals surface area (Å²) in [4.78, 5) is 10.9. The molecule has 0 unspecified atom stereocenters. The molecule has 96 valence electrons. The Morgan fingerprint density at radius 1 is 1.44 bits per heavy atom. The number of nitrogens with zero attached hydrogens (tertiary/aromatic N) is 4. The maximum Gasteiger partial charge on any atom is 0.226 e. The van der Waals surface area contributed by atoms with Gasteiger partial charge in [-0.3, -0.25) is 5.10 Å². The van der Waals surface area contributed by atoms with Gasteiger partial charge in [0, 0.05) is 12.6 Å². The molecule has 3 rings (SSSR count). The second-order valence-corrected chi connectivity index (χ2v) is 5.56. The molecule has 2 heterocycles. The van der Waals surface area contributed by atoms with Crippen molar-refractivity contribution >= 4 is 28.5 Å². The Kier molecular flexibility index (Phi) is 2.86. The Bertz CT molecular complexity index is 561. The monoisotopic (exact) mass is 265 g/mol. The van der Waals surface area contributed by atoms with Crippen molar-refractivity contribution in [3.63, 3.8) is 0 Å². The van der Waals surface area contributed by atoms with Gasteiger partial charge < -0.3 is 4.90 Å². The van der Waals surface area contributed by atoms with Gasteiger partial charge in [0.05, 0.1) is 11.6 Å². The van der Waals surface area contributed by atoms with E-state index in [4.69, 9.17) is 11.6 Å². The van der Waals surface area contributed by atoms with Crippen LogP contribution in [0, 0.1) is 5.92 Å². The Balaban J connectivity index is 2.07. The normalized spacial score (nSPS) is 15.6. The number of fused-ring (bicyclic) bond motifs is 1. The lowest BCUT2D eigenvalue weighted by molar-refractivity contribution is 0.604. The number of aromatic nitrogens is 4. The Morgan fingerprint density at radius 3 is 2.89 bits per heavy atom. The van der Waals surface area contributed by atoms with Crippen LogP contribution in [0.25, 0.3) is 11.0 Å². The van der Waals surface area contributed by atoms with E-state index in [9.17, 15) is 0 Å². The van der Waals surface area contributed by atoms with Crippen molar-refractivity contribution < 1.29 is 0 Å². The van der Waals surface area contributed by atoms with Gasteiger partial charge in [-0.2, -0.15) is 15.1 Å². The maximum absolute atomic E-state index is 5.99. The molecule has 1 N–H and O–H groups in total. The number of H-pyrrole nitrogens is 1. The zero-order valence-corrected chi connectivity index (χ0v) is 11.3. The molecule has 1 fully saturated rings. The largest absolute Gasteiger partial charge is 0.353 e. The van der Waals surface area contributed by atoms with Crippen LogP contribution in [0.3, 0.4) is 0 Å². The quantitative estimate of drug-likeness (QED) is 0.864. The van der Waals surface area contributed by atoms with E-state index in [2.05, 4.69) is 38.9 Å². The van der Waals surface area contributed by atoms with Gasteiger partial charge in [-0.15, -0.1) is 0 Å². The van der Waals surface area contributed by atoms with Crippen molar-refractivity contribution in [1.29, 1.82) is 0 Å². The lowest BCUT2D eigenvalue weighted by Crippen LogP contribution is -2.30. The molecule has 0 aromatic carbocycles. The summed E-state index contributed by atoms with van der Waals surface area (Å²) in [5.74, 6) is 1.50. The van der Waals surface area contributed by atoms with Crippen molar-refractivity contribution in [3.05, 3.63) is 11.5 Å². The van der Waals surface area contributed by atoms with Gasteiger partial charge in [0.1, 0.15) is 5.82 Å². The lowest BCUT2D eigenvalue weighted by Gasteiger charge is -2.25. The molecule has 1 aliphatic carbocycles. The van der Waals surface area contributed by atoms with Crippen LogP contribution >= 0.6 is 11.6 Å². The summed E-state index contributed by atoms with van der Waals surface area (Å²) < 4.78 is 0. The summed E-state index contributed by atoms with van der Waals surface area (Å²) in [6, 6.07) is 0.594. The maximum atomic E-state index is 5.99. The second-order valence-electron chi connectivity index (χ2n) is 5.23. The summed E-state index contributed by atoms with van der Waals surface area (Å²) in [7, 11) is 0. The van der Waals surface area contributed by atoms with E-state index >= 15 is 0 Å². The summed E-state index contributed by atoms with van der Waals surface area (Å²) in [6.45, 7) is 5.41. The Labute approximate surface area is 111 Å². The first-order valence-corrected chi connectivity index (χ1v) is 6.66. The minimum atomic E-state index is 0.274. The highest BCUT2D eigenvalue weighted by atomic mass is 35.5. The van der Waals surface area contributed by atoms with Crippen LogP contribution in [0.15, 0.2) is 6.20 Å². The third kappa shape index (κ3) is 2.14. The molecule has 2 aromatic rings. The smallest absolute Gasteiger partial charge is 0.226 e.